The van der Waals surface area contributed by atoms with Crippen molar-refractivity contribution in [3.8, 4) is 0 Å². The standard InChI is InChI=1S/C11H19N3/c1-11(2,3)10-8-14(13-12-10)7-9-5-4-6-9/h8-9H,4-7H2,1-3H3. The zero-order valence-electron chi connectivity index (χ0n) is 9.32. The van der Waals surface area contributed by atoms with Crippen molar-refractivity contribution in [2.45, 2.75) is 52.0 Å². The van der Waals surface area contributed by atoms with Crippen LogP contribution in [0.1, 0.15) is 45.7 Å². The Kier molecular flexibility index (Phi) is 2.33. The van der Waals surface area contributed by atoms with Crippen LogP contribution in [-0.2, 0) is 12.0 Å². The Balaban J connectivity index is 2.02. The SMILES string of the molecule is CC(C)(C)c1cn(CC2CCC2)nn1. The minimum atomic E-state index is 0.123. The van der Waals surface area contributed by atoms with E-state index in [0.717, 1.165) is 18.2 Å². The van der Waals surface area contributed by atoms with Gasteiger partial charge in [0.15, 0.2) is 0 Å². The average molecular weight is 193 g/mol. The predicted octanol–water partition coefficient (Wildman–Crippen LogP) is 2.38. The summed E-state index contributed by atoms with van der Waals surface area (Å²) in [4.78, 5) is 0. The van der Waals surface area contributed by atoms with Crippen LogP contribution in [-0.4, -0.2) is 15.0 Å². The maximum absolute atomic E-state index is 4.21. The molecule has 0 spiro atoms. The van der Waals surface area contributed by atoms with Gasteiger partial charge in [-0.05, 0) is 18.8 Å². The first-order valence-corrected chi connectivity index (χ1v) is 5.46. The van der Waals surface area contributed by atoms with Crippen molar-refractivity contribution in [3.63, 3.8) is 0 Å². The molecule has 3 heteroatoms. The van der Waals surface area contributed by atoms with Crippen LogP contribution >= 0.6 is 0 Å². The largest absolute Gasteiger partial charge is 0.252 e. The van der Waals surface area contributed by atoms with E-state index in [1.807, 2.05) is 4.68 Å². The Morgan fingerprint density at radius 1 is 1.43 bits per heavy atom. The maximum atomic E-state index is 4.21. The van der Waals surface area contributed by atoms with E-state index in [2.05, 4.69) is 37.3 Å². The molecule has 14 heavy (non-hydrogen) atoms. The molecule has 78 valence electrons. The molecule has 1 saturated carbocycles. The number of aromatic nitrogens is 3. The fourth-order valence-corrected chi connectivity index (χ4v) is 1.67. The van der Waals surface area contributed by atoms with Crippen molar-refractivity contribution in [1.82, 2.24) is 15.0 Å². The molecule has 1 aliphatic carbocycles. The fourth-order valence-electron chi connectivity index (χ4n) is 1.67. The maximum Gasteiger partial charge on any atom is 0.0880 e. The highest BCUT2D eigenvalue weighted by Crippen LogP contribution is 2.28. The second kappa shape index (κ2) is 3.37. The molecule has 0 atom stereocenters. The summed E-state index contributed by atoms with van der Waals surface area (Å²) in [7, 11) is 0. The molecule has 2 rings (SSSR count). The molecule has 1 aromatic heterocycles. The summed E-state index contributed by atoms with van der Waals surface area (Å²) in [5.41, 5.74) is 1.22. The Bertz CT molecular complexity index is 305. The lowest BCUT2D eigenvalue weighted by Crippen LogP contribution is -2.18. The quantitative estimate of drug-likeness (QED) is 0.722. The Morgan fingerprint density at radius 2 is 2.14 bits per heavy atom. The Morgan fingerprint density at radius 3 is 2.57 bits per heavy atom. The van der Waals surface area contributed by atoms with Crippen molar-refractivity contribution < 1.29 is 0 Å². The smallest absolute Gasteiger partial charge is 0.0880 e. The van der Waals surface area contributed by atoms with Gasteiger partial charge in [0.05, 0.1) is 5.69 Å². The first-order valence-electron chi connectivity index (χ1n) is 5.46. The van der Waals surface area contributed by atoms with Gasteiger partial charge >= 0.3 is 0 Å². The van der Waals surface area contributed by atoms with Crippen molar-refractivity contribution >= 4 is 0 Å². The Labute approximate surface area is 85.5 Å². The highest BCUT2D eigenvalue weighted by Gasteiger charge is 2.21. The third-order valence-corrected chi connectivity index (χ3v) is 2.98. The van der Waals surface area contributed by atoms with Gasteiger partial charge in [0.1, 0.15) is 0 Å². The van der Waals surface area contributed by atoms with E-state index in [4.69, 9.17) is 0 Å². The molecule has 1 aromatic rings. The second-order valence-corrected chi connectivity index (χ2v) is 5.37. The van der Waals surface area contributed by atoms with Crippen LogP contribution in [0.5, 0.6) is 0 Å². The normalized spacial score (nSPS) is 18.2. The lowest BCUT2D eigenvalue weighted by Gasteiger charge is -2.24. The van der Waals surface area contributed by atoms with E-state index >= 15 is 0 Å². The van der Waals surface area contributed by atoms with Gasteiger partial charge in [0.25, 0.3) is 0 Å². The molecule has 0 radical (unpaired) electrons. The number of hydrogen-bond donors (Lipinski definition) is 0. The third kappa shape index (κ3) is 1.97. The van der Waals surface area contributed by atoms with Crippen LogP contribution in [0.4, 0.5) is 0 Å². The van der Waals surface area contributed by atoms with Crippen molar-refractivity contribution in [3.05, 3.63) is 11.9 Å². The van der Waals surface area contributed by atoms with Crippen molar-refractivity contribution in [2.24, 2.45) is 5.92 Å². The summed E-state index contributed by atoms with van der Waals surface area (Å²) < 4.78 is 2.00. The molecule has 0 amide bonds. The highest BCUT2D eigenvalue weighted by molar-refractivity contribution is 5.06. The van der Waals surface area contributed by atoms with Gasteiger partial charge in [0.2, 0.25) is 0 Å². The van der Waals surface area contributed by atoms with Gasteiger partial charge in [-0.3, -0.25) is 4.68 Å². The molecule has 0 N–H and O–H groups in total. The molecule has 0 unspecified atom stereocenters. The fraction of sp³-hybridized carbons (Fsp3) is 0.818. The summed E-state index contributed by atoms with van der Waals surface area (Å²) in [6.07, 6.45) is 6.22. The first-order chi connectivity index (χ1) is 6.55. The van der Waals surface area contributed by atoms with Crippen LogP contribution in [0, 0.1) is 5.92 Å². The van der Waals surface area contributed by atoms with Crippen LogP contribution < -0.4 is 0 Å². The zero-order chi connectivity index (χ0) is 10.2. The molecule has 1 aliphatic rings. The monoisotopic (exact) mass is 193 g/mol. The molecule has 1 heterocycles. The van der Waals surface area contributed by atoms with E-state index in [9.17, 15) is 0 Å². The third-order valence-electron chi connectivity index (χ3n) is 2.98. The van der Waals surface area contributed by atoms with Crippen molar-refractivity contribution in [2.75, 3.05) is 0 Å². The molecule has 1 fully saturated rings. The molecule has 0 aliphatic heterocycles. The molecule has 3 nitrogen and oxygen atoms in total. The summed E-state index contributed by atoms with van der Waals surface area (Å²) in [6.45, 7) is 7.57. The van der Waals surface area contributed by atoms with Crippen LogP contribution in [0.15, 0.2) is 6.20 Å². The summed E-state index contributed by atoms with van der Waals surface area (Å²) in [6, 6.07) is 0. The minimum Gasteiger partial charge on any atom is -0.252 e. The van der Waals surface area contributed by atoms with E-state index in [1.54, 1.807) is 0 Å². The average Bonchev–Trinajstić information content (AvgIpc) is 2.43. The minimum absolute atomic E-state index is 0.123. The van der Waals surface area contributed by atoms with E-state index in [1.165, 1.54) is 19.3 Å². The lowest BCUT2D eigenvalue weighted by atomic mass is 9.85. The zero-order valence-corrected chi connectivity index (χ0v) is 9.32. The summed E-state index contributed by atoms with van der Waals surface area (Å²) >= 11 is 0. The number of rotatable bonds is 2. The van der Waals surface area contributed by atoms with Gasteiger partial charge in [-0.1, -0.05) is 32.4 Å². The molecular formula is C11H19N3. The molecular weight excluding hydrogens is 174 g/mol. The number of hydrogen-bond acceptors (Lipinski definition) is 2. The van der Waals surface area contributed by atoms with Gasteiger partial charge < -0.3 is 0 Å². The summed E-state index contributed by atoms with van der Waals surface area (Å²) in [5, 5.41) is 8.38. The molecule has 0 saturated heterocycles. The van der Waals surface area contributed by atoms with Gasteiger partial charge in [0, 0.05) is 18.2 Å². The van der Waals surface area contributed by atoms with E-state index in [-0.39, 0.29) is 5.41 Å². The summed E-state index contributed by atoms with van der Waals surface area (Å²) in [5.74, 6) is 0.851. The second-order valence-electron chi connectivity index (χ2n) is 5.37. The first kappa shape index (κ1) is 9.69. The van der Waals surface area contributed by atoms with Crippen molar-refractivity contribution in [1.29, 1.82) is 0 Å². The topological polar surface area (TPSA) is 30.7 Å². The highest BCUT2D eigenvalue weighted by atomic mass is 15.4. The van der Waals surface area contributed by atoms with E-state index < -0.39 is 0 Å². The van der Waals surface area contributed by atoms with E-state index in [0.29, 0.717) is 0 Å². The van der Waals surface area contributed by atoms with Crippen LogP contribution in [0.25, 0.3) is 0 Å². The van der Waals surface area contributed by atoms with Gasteiger partial charge in [-0.15, -0.1) is 5.10 Å². The van der Waals surface area contributed by atoms with Gasteiger partial charge in [-0.25, -0.2) is 0 Å². The van der Waals surface area contributed by atoms with Gasteiger partial charge in [-0.2, -0.15) is 0 Å². The van der Waals surface area contributed by atoms with Crippen LogP contribution in [0.3, 0.4) is 0 Å². The molecule has 0 bridgehead atoms. The lowest BCUT2D eigenvalue weighted by molar-refractivity contribution is 0.264. The number of nitrogens with zero attached hydrogens (tertiary/aromatic N) is 3. The van der Waals surface area contributed by atoms with Crippen LogP contribution in [0.2, 0.25) is 0 Å². The Hall–Kier alpha value is -0.860. The molecule has 0 aromatic carbocycles. The predicted molar refractivity (Wildman–Crippen MR) is 56.1 cm³/mol.